The molecule has 1 N–H and O–H groups in total. The Kier molecular flexibility index (Phi) is 7.16. The first-order chi connectivity index (χ1) is 14.1. The molecule has 0 aliphatic rings. The van der Waals surface area contributed by atoms with Crippen LogP contribution in [0.25, 0.3) is 0 Å². The van der Waals surface area contributed by atoms with Crippen molar-refractivity contribution in [3.63, 3.8) is 0 Å². The van der Waals surface area contributed by atoms with Crippen LogP contribution in [0.5, 0.6) is 0 Å². The zero-order valence-corrected chi connectivity index (χ0v) is 16.9. The Morgan fingerprint density at radius 1 is 0.759 bits per heavy atom. The third-order valence-corrected chi connectivity index (χ3v) is 6.39. The summed E-state index contributed by atoms with van der Waals surface area (Å²) in [7, 11) is -3.78. The van der Waals surface area contributed by atoms with Gasteiger partial charge in [-0.3, -0.25) is 4.79 Å². The first-order valence-corrected chi connectivity index (χ1v) is 10.9. The van der Waals surface area contributed by atoms with Gasteiger partial charge < -0.3 is 5.32 Å². The number of nitrogens with zero attached hydrogens (tertiary/aromatic N) is 1. The van der Waals surface area contributed by atoms with Crippen LogP contribution < -0.4 is 5.32 Å². The third kappa shape index (κ3) is 6.01. The van der Waals surface area contributed by atoms with E-state index in [0.29, 0.717) is 13.0 Å². The first kappa shape index (κ1) is 20.8. The zero-order chi connectivity index (χ0) is 20.5. The summed E-state index contributed by atoms with van der Waals surface area (Å²) in [5, 5.41) is 2.81. The molecule has 0 atom stereocenters. The number of amides is 1. The molecule has 0 fully saturated rings. The second-order valence-electron chi connectivity index (χ2n) is 6.65. The highest BCUT2D eigenvalue weighted by Gasteiger charge is 2.26. The molecule has 6 heteroatoms. The fraction of sp³-hybridized carbons (Fsp3) is 0.174. The predicted octanol–water partition coefficient (Wildman–Crippen LogP) is 3.24. The zero-order valence-electron chi connectivity index (χ0n) is 16.1. The smallest absolute Gasteiger partial charge is 0.243 e. The summed E-state index contributed by atoms with van der Waals surface area (Å²) in [6, 6.07) is 27.4. The molecule has 0 radical (unpaired) electrons. The molecule has 3 rings (SSSR count). The molecular formula is C23H24N2O3S. The quantitative estimate of drug-likeness (QED) is 0.591. The van der Waals surface area contributed by atoms with Gasteiger partial charge in [-0.1, -0.05) is 78.9 Å². The van der Waals surface area contributed by atoms with Crippen molar-refractivity contribution in [1.29, 1.82) is 0 Å². The summed E-state index contributed by atoms with van der Waals surface area (Å²) in [5.41, 5.74) is 1.98. The van der Waals surface area contributed by atoms with E-state index >= 15 is 0 Å². The highest BCUT2D eigenvalue weighted by molar-refractivity contribution is 7.89. The van der Waals surface area contributed by atoms with Crippen LogP contribution in [0.15, 0.2) is 95.9 Å². The molecule has 3 aromatic rings. The van der Waals surface area contributed by atoms with Crippen molar-refractivity contribution < 1.29 is 13.2 Å². The maximum atomic E-state index is 13.1. The van der Waals surface area contributed by atoms with Crippen LogP contribution in [0.3, 0.4) is 0 Å². The normalized spacial score (nSPS) is 11.3. The number of sulfonamides is 1. The Bertz CT molecular complexity index is 1010. The van der Waals surface area contributed by atoms with E-state index in [4.69, 9.17) is 0 Å². The van der Waals surface area contributed by atoms with Crippen LogP contribution in [-0.2, 0) is 27.8 Å². The van der Waals surface area contributed by atoms with Gasteiger partial charge in [0.25, 0.3) is 0 Å². The molecule has 29 heavy (non-hydrogen) atoms. The maximum absolute atomic E-state index is 13.1. The topological polar surface area (TPSA) is 66.5 Å². The molecule has 0 saturated carbocycles. The van der Waals surface area contributed by atoms with Gasteiger partial charge in [0.1, 0.15) is 0 Å². The van der Waals surface area contributed by atoms with Gasteiger partial charge in [-0.2, -0.15) is 4.31 Å². The van der Waals surface area contributed by atoms with E-state index in [-0.39, 0.29) is 23.9 Å². The highest BCUT2D eigenvalue weighted by Crippen LogP contribution is 2.16. The minimum absolute atomic E-state index is 0.184. The molecule has 0 unspecified atom stereocenters. The molecular weight excluding hydrogens is 384 g/mol. The van der Waals surface area contributed by atoms with Crippen LogP contribution in [0.4, 0.5) is 0 Å². The van der Waals surface area contributed by atoms with E-state index < -0.39 is 10.0 Å². The standard InChI is InChI=1S/C23H24N2O3S/c26-23(24-18-21-12-6-2-7-13-21)19-25(17-16-20-10-4-1-5-11-20)29(27,28)22-14-8-3-9-15-22/h1-15H,16-19H2,(H,24,26). The molecule has 1 amide bonds. The van der Waals surface area contributed by atoms with E-state index in [1.165, 1.54) is 4.31 Å². The number of carbonyl (C=O) groups excluding carboxylic acids is 1. The van der Waals surface area contributed by atoms with Crippen molar-refractivity contribution in [3.05, 3.63) is 102 Å². The van der Waals surface area contributed by atoms with Gasteiger partial charge in [0.15, 0.2) is 0 Å². The Hall–Kier alpha value is -2.96. The monoisotopic (exact) mass is 408 g/mol. The van der Waals surface area contributed by atoms with E-state index in [9.17, 15) is 13.2 Å². The van der Waals surface area contributed by atoms with Crippen LogP contribution in [-0.4, -0.2) is 31.7 Å². The van der Waals surface area contributed by atoms with Crippen LogP contribution in [0.1, 0.15) is 11.1 Å². The average molecular weight is 409 g/mol. The second kappa shape index (κ2) is 10.0. The minimum Gasteiger partial charge on any atom is -0.351 e. The van der Waals surface area contributed by atoms with Gasteiger partial charge >= 0.3 is 0 Å². The molecule has 0 aliphatic heterocycles. The summed E-state index contributed by atoms with van der Waals surface area (Å²) in [4.78, 5) is 12.7. The van der Waals surface area contributed by atoms with Crippen molar-refractivity contribution in [1.82, 2.24) is 9.62 Å². The van der Waals surface area contributed by atoms with E-state index in [0.717, 1.165) is 11.1 Å². The van der Waals surface area contributed by atoms with Gasteiger partial charge in [0.05, 0.1) is 11.4 Å². The van der Waals surface area contributed by atoms with E-state index in [1.807, 2.05) is 60.7 Å². The summed E-state index contributed by atoms with van der Waals surface area (Å²) in [6.07, 6.45) is 0.527. The molecule has 0 aliphatic carbocycles. The highest BCUT2D eigenvalue weighted by atomic mass is 32.2. The number of benzene rings is 3. The van der Waals surface area contributed by atoms with Crippen molar-refractivity contribution >= 4 is 15.9 Å². The Morgan fingerprint density at radius 2 is 1.28 bits per heavy atom. The lowest BCUT2D eigenvalue weighted by molar-refractivity contribution is -0.121. The fourth-order valence-corrected chi connectivity index (χ4v) is 4.35. The number of nitrogens with one attached hydrogen (secondary N) is 1. The summed E-state index contributed by atoms with van der Waals surface area (Å²) < 4.78 is 27.5. The Morgan fingerprint density at radius 3 is 1.86 bits per heavy atom. The Balaban J connectivity index is 1.72. The molecule has 0 heterocycles. The average Bonchev–Trinajstić information content (AvgIpc) is 2.77. The van der Waals surface area contributed by atoms with Crippen LogP contribution in [0.2, 0.25) is 0 Å². The first-order valence-electron chi connectivity index (χ1n) is 9.45. The lowest BCUT2D eigenvalue weighted by atomic mass is 10.1. The van der Waals surface area contributed by atoms with Crippen LogP contribution in [0, 0.1) is 0 Å². The van der Waals surface area contributed by atoms with Crippen molar-refractivity contribution in [2.24, 2.45) is 0 Å². The van der Waals surface area contributed by atoms with Crippen molar-refractivity contribution in [2.45, 2.75) is 17.9 Å². The fourth-order valence-electron chi connectivity index (χ4n) is 2.94. The lowest BCUT2D eigenvalue weighted by Gasteiger charge is -2.22. The van der Waals surface area contributed by atoms with Crippen LogP contribution >= 0.6 is 0 Å². The van der Waals surface area contributed by atoms with Crippen molar-refractivity contribution in [3.8, 4) is 0 Å². The number of hydrogen-bond donors (Lipinski definition) is 1. The number of rotatable bonds is 9. The molecule has 5 nitrogen and oxygen atoms in total. The molecule has 0 saturated heterocycles. The molecule has 3 aromatic carbocycles. The summed E-state index contributed by atoms with van der Waals surface area (Å²) >= 11 is 0. The number of carbonyl (C=O) groups is 1. The van der Waals surface area contributed by atoms with E-state index in [2.05, 4.69) is 5.32 Å². The van der Waals surface area contributed by atoms with Gasteiger partial charge in [-0.15, -0.1) is 0 Å². The molecule has 0 spiro atoms. The second-order valence-corrected chi connectivity index (χ2v) is 8.59. The van der Waals surface area contributed by atoms with Gasteiger partial charge in [-0.25, -0.2) is 8.42 Å². The van der Waals surface area contributed by atoms with Gasteiger partial charge in [-0.05, 0) is 29.7 Å². The third-order valence-electron chi connectivity index (χ3n) is 4.53. The predicted molar refractivity (Wildman–Crippen MR) is 114 cm³/mol. The molecule has 0 aromatic heterocycles. The summed E-state index contributed by atoms with van der Waals surface area (Å²) in [5.74, 6) is -0.332. The molecule has 0 bridgehead atoms. The van der Waals surface area contributed by atoms with Gasteiger partial charge in [0.2, 0.25) is 15.9 Å². The SMILES string of the molecule is O=C(CN(CCc1ccccc1)S(=O)(=O)c1ccccc1)NCc1ccccc1. The Labute approximate surface area is 172 Å². The van der Waals surface area contributed by atoms with Gasteiger partial charge in [0, 0.05) is 13.1 Å². The van der Waals surface area contributed by atoms with Crippen molar-refractivity contribution in [2.75, 3.05) is 13.1 Å². The minimum atomic E-state index is -3.78. The molecule has 150 valence electrons. The number of hydrogen-bond acceptors (Lipinski definition) is 3. The maximum Gasteiger partial charge on any atom is 0.243 e. The van der Waals surface area contributed by atoms with E-state index in [1.54, 1.807) is 30.3 Å². The largest absolute Gasteiger partial charge is 0.351 e. The summed E-state index contributed by atoms with van der Waals surface area (Å²) in [6.45, 7) is 0.356. The lowest BCUT2D eigenvalue weighted by Crippen LogP contribution is -2.41.